The third-order valence-corrected chi connectivity index (χ3v) is 3.27. The fourth-order valence-electron chi connectivity index (χ4n) is 1.72. The average Bonchev–Trinajstić information content (AvgIpc) is 2.75. The molecule has 1 aromatic carbocycles. The summed E-state index contributed by atoms with van der Waals surface area (Å²) in [6.45, 7) is 0. The minimum Gasteiger partial charge on any atom is -0.456 e. The lowest BCUT2D eigenvalue weighted by Crippen LogP contribution is -1.88. The number of pyridine rings is 1. The quantitative estimate of drug-likeness (QED) is 0.740. The van der Waals surface area contributed by atoms with Crippen molar-refractivity contribution in [2.45, 2.75) is 0 Å². The van der Waals surface area contributed by atoms with Crippen LogP contribution in [0.15, 0.2) is 51.5 Å². The van der Waals surface area contributed by atoms with Crippen molar-refractivity contribution in [3.63, 3.8) is 0 Å². The van der Waals surface area contributed by atoms with Gasteiger partial charge in [-0.05, 0) is 30.3 Å². The Labute approximate surface area is 106 Å². The van der Waals surface area contributed by atoms with Gasteiger partial charge in [0.15, 0.2) is 0 Å². The topological polar surface area (TPSA) is 52.0 Å². The van der Waals surface area contributed by atoms with Gasteiger partial charge in [0, 0.05) is 21.6 Å². The minimum atomic E-state index is 0.506. The fourth-order valence-corrected chi connectivity index (χ4v) is 2.18. The molecular weight excluding hydrogens is 280 g/mol. The molecule has 3 nitrogen and oxygen atoms in total. The maximum absolute atomic E-state index is 5.76. The minimum absolute atomic E-state index is 0.506. The summed E-state index contributed by atoms with van der Waals surface area (Å²) in [4.78, 5) is 4.05. The number of anilines is 1. The molecule has 0 atom stereocenters. The van der Waals surface area contributed by atoms with E-state index in [0.29, 0.717) is 5.82 Å². The van der Waals surface area contributed by atoms with Crippen LogP contribution in [0.3, 0.4) is 0 Å². The summed E-state index contributed by atoms with van der Waals surface area (Å²) in [7, 11) is 0. The van der Waals surface area contributed by atoms with Gasteiger partial charge in [0.1, 0.15) is 17.2 Å². The fraction of sp³-hybridized carbons (Fsp3) is 0. The monoisotopic (exact) mass is 288 g/mol. The first-order chi connectivity index (χ1) is 8.24. The van der Waals surface area contributed by atoms with Crippen LogP contribution in [0, 0.1) is 0 Å². The highest BCUT2D eigenvalue weighted by Crippen LogP contribution is 2.31. The van der Waals surface area contributed by atoms with E-state index >= 15 is 0 Å². The van der Waals surface area contributed by atoms with Gasteiger partial charge in [-0.3, -0.25) is 0 Å². The van der Waals surface area contributed by atoms with E-state index in [1.165, 1.54) is 0 Å². The van der Waals surface area contributed by atoms with Crippen molar-refractivity contribution in [2.75, 3.05) is 5.73 Å². The first-order valence-electron chi connectivity index (χ1n) is 5.14. The molecule has 0 unspecified atom stereocenters. The van der Waals surface area contributed by atoms with Crippen LogP contribution in [0.1, 0.15) is 0 Å². The average molecular weight is 289 g/mol. The zero-order valence-corrected chi connectivity index (χ0v) is 10.4. The summed E-state index contributed by atoms with van der Waals surface area (Å²) >= 11 is 3.50. The Hall–Kier alpha value is -1.81. The first-order valence-corrected chi connectivity index (χ1v) is 5.93. The second-order valence-electron chi connectivity index (χ2n) is 3.73. The van der Waals surface area contributed by atoms with Gasteiger partial charge in [-0.15, -0.1) is 0 Å². The normalized spacial score (nSPS) is 10.9. The molecule has 2 N–H and O–H groups in total. The van der Waals surface area contributed by atoms with Crippen molar-refractivity contribution in [1.82, 2.24) is 4.98 Å². The van der Waals surface area contributed by atoms with Crippen LogP contribution in [0.4, 0.5) is 5.82 Å². The van der Waals surface area contributed by atoms with Crippen LogP contribution in [-0.4, -0.2) is 4.98 Å². The standard InChI is InChI=1S/C13H9BrN2O/c14-10-2-1-3-11-9(10)6-12(17-11)8-4-5-13(15)16-7-8/h1-7H,(H2,15,16). The number of nitrogen functional groups attached to an aromatic ring is 1. The van der Waals surface area contributed by atoms with Crippen molar-refractivity contribution in [3.05, 3.63) is 47.1 Å². The van der Waals surface area contributed by atoms with Crippen LogP contribution < -0.4 is 5.73 Å². The lowest BCUT2D eigenvalue weighted by molar-refractivity contribution is 0.631. The summed E-state index contributed by atoms with van der Waals surface area (Å²) in [6, 6.07) is 11.5. The Balaban J connectivity index is 2.18. The van der Waals surface area contributed by atoms with Crippen LogP contribution in [0.2, 0.25) is 0 Å². The second-order valence-corrected chi connectivity index (χ2v) is 4.59. The SMILES string of the molecule is Nc1ccc(-c2cc3c(Br)cccc3o2)cn1. The van der Waals surface area contributed by atoms with E-state index in [1.807, 2.05) is 30.3 Å². The molecule has 0 bridgehead atoms. The van der Waals surface area contributed by atoms with Crippen molar-refractivity contribution in [1.29, 1.82) is 0 Å². The summed E-state index contributed by atoms with van der Waals surface area (Å²) in [5.41, 5.74) is 7.33. The molecule has 0 saturated heterocycles. The molecule has 84 valence electrons. The van der Waals surface area contributed by atoms with Gasteiger partial charge in [0.05, 0.1) is 0 Å². The smallest absolute Gasteiger partial charge is 0.137 e. The van der Waals surface area contributed by atoms with Crippen molar-refractivity contribution >= 4 is 32.7 Å². The number of nitrogens with zero attached hydrogens (tertiary/aromatic N) is 1. The van der Waals surface area contributed by atoms with E-state index < -0.39 is 0 Å². The van der Waals surface area contributed by atoms with E-state index in [1.54, 1.807) is 12.3 Å². The predicted octanol–water partition coefficient (Wildman–Crippen LogP) is 3.84. The zero-order chi connectivity index (χ0) is 11.8. The van der Waals surface area contributed by atoms with E-state index in [9.17, 15) is 0 Å². The van der Waals surface area contributed by atoms with Crippen LogP contribution in [0.25, 0.3) is 22.3 Å². The third-order valence-electron chi connectivity index (χ3n) is 2.58. The number of hydrogen-bond acceptors (Lipinski definition) is 3. The third kappa shape index (κ3) is 1.80. The Bertz CT molecular complexity index is 673. The van der Waals surface area contributed by atoms with Gasteiger partial charge in [-0.1, -0.05) is 22.0 Å². The van der Waals surface area contributed by atoms with Gasteiger partial charge >= 0.3 is 0 Å². The number of nitrogens with two attached hydrogens (primary N) is 1. The molecule has 4 heteroatoms. The molecule has 0 spiro atoms. The van der Waals surface area contributed by atoms with E-state index in [4.69, 9.17) is 10.2 Å². The maximum Gasteiger partial charge on any atom is 0.137 e. The predicted molar refractivity (Wildman–Crippen MR) is 71.6 cm³/mol. The van der Waals surface area contributed by atoms with Gasteiger partial charge < -0.3 is 10.2 Å². The summed E-state index contributed by atoms with van der Waals surface area (Å²) in [6.07, 6.45) is 1.71. The first kappa shape index (κ1) is 10.4. The largest absolute Gasteiger partial charge is 0.456 e. The Morgan fingerprint density at radius 1 is 1.18 bits per heavy atom. The number of fused-ring (bicyclic) bond motifs is 1. The lowest BCUT2D eigenvalue weighted by Gasteiger charge is -1.95. The van der Waals surface area contributed by atoms with Gasteiger partial charge in [-0.25, -0.2) is 4.98 Å². The van der Waals surface area contributed by atoms with Crippen molar-refractivity contribution in [3.8, 4) is 11.3 Å². The number of hydrogen-bond donors (Lipinski definition) is 1. The molecule has 0 amide bonds. The molecule has 2 aromatic heterocycles. The Kier molecular flexibility index (Phi) is 2.37. The van der Waals surface area contributed by atoms with Crippen LogP contribution in [-0.2, 0) is 0 Å². The second kappa shape index (κ2) is 3.89. The van der Waals surface area contributed by atoms with E-state index in [-0.39, 0.29) is 0 Å². The molecule has 0 aliphatic carbocycles. The number of halogens is 1. The molecule has 0 aliphatic rings. The van der Waals surface area contributed by atoms with Crippen molar-refractivity contribution in [2.24, 2.45) is 0 Å². The molecular formula is C13H9BrN2O. The molecule has 0 aliphatic heterocycles. The number of benzene rings is 1. The highest BCUT2D eigenvalue weighted by Gasteiger charge is 2.08. The summed E-state index contributed by atoms with van der Waals surface area (Å²) in [5.74, 6) is 1.30. The Morgan fingerprint density at radius 2 is 2.06 bits per heavy atom. The zero-order valence-electron chi connectivity index (χ0n) is 8.85. The number of rotatable bonds is 1. The lowest BCUT2D eigenvalue weighted by atomic mass is 10.2. The van der Waals surface area contributed by atoms with Gasteiger partial charge in [0.25, 0.3) is 0 Å². The van der Waals surface area contributed by atoms with Crippen LogP contribution in [0.5, 0.6) is 0 Å². The van der Waals surface area contributed by atoms with Gasteiger partial charge in [-0.2, -0.15) is 0 Å². The Morgan fingerprint density at radius 3 is 2.76 bits per heavy atom. The molecule has 0 radical (unpaired) electrons. The highest BCUT2D eigenvalue weighted by atomic mass is 79.9. The molecule has 0 fully saturated rings. The molecule has 3 aromatic rings. The van der Waals surface area contributed by atoms with E-state index in [0.717, 1.165) is 26.8 Å². The van der Waals surface area contributed by atoms with E-state index in [2.05, 4.69) is 20.9 Å². The molecule has 0 saturated carbocycles. The molecule has 3 rings (SSSR count). The summed E-state index contributed by atoms with van der Waals surface area (Å²) < 4.78 is 6.79. The number of furan rings is 1. The van der Waals surface area contributed by atoms with Gasteiger partial charge in [0.2, 0.25) is 0 Å². The molecule has 17 heavy (non-hydrogen) atoms. The maximum atomic E-state index is 5.76. The highest BCUT2D eigenvalue weighted by molar-refractivity contribution is 9.10. The number of aromatic nitrogens is 1. The summed E-state index contributed by atoms with van der Waals surface area (Å²) in [5, 5.41) is 1.05. The molecule has 2 heterocycles. The van der Waals surface area contributed by atoms with Crippen molar-refractivity contribution < 1.29 is 4.42 Å². The van der Waals surface area contributed by atoms with Crippen LogP contribution >= 0.6 is 15.9 Å².